The quantitative estimate of drug-likeness (QED) is 0.399. The van der Waals surface area contributed by atoms with Gasteiger partial charge in [-0.3, -0.25) is 4.79 Å². The zero-order valence-corrected chi connectivity index (χ0v) is 20.0. The number of benzene rings is 2. The number of carboxylic acids is 1. The Labute approximate surface area is 200 Å². The lowest BCUT2D eigenvalue weighted by molar-refractivity contribution is -0.133. The van der Waals surface area contributed by atoms with Crippen LogP contribution in [0.25, 0.3) is 0 Å². The summed E-state index contributed by atoms with van der Waals surface area (Å²) in [4.78, 5) is 23.5. The number of carboxylic acid groups (broad SMARTS) is 1. The van der Waals surface area contributed by atoms with E-state index in [9.17, 15) is 14.7 Å². The van der Waals surface area contributed by atoms with Crippen LogP contribution in [-0.4, -0.2) is 29.3 Å². The molecule has 1 aliphatic carbocycles. The number of carbonyl (C=O) groups is 2. The summed E-state index contributed by atoms with van der Waals surface area (Å²) >= 11 is 0. The van der Waals surface area contributed by atoms with Gasteiger partial charge in [-0.25, -0.2) is 4.79 Å². The number of rotatable bonds is 8. The van der Waals surface area contributed by atoms with Gasteiger partial charge in [-0.15, -0.1) is 0 Å². The van der Waals surface area contributed by atoms with Gasteiger partial charge in [0.15, 0.2) is 0 Å². The Morgan fingerprint density at radius 3 is 2.68 bits per heavy atom. The van der Waals surface area contributed by atoms with Gasteiger partial charge in [0.25, 0.3) is 0 Å². The van der Waals surface area contributed by atoms with Crippen molar-refractivity contribution in [1.82, 2.24) is 0 Å². The first-order valence-corrected chi connectivity index (χ1v) is 12.0. The molecule has 6 heteroatoms. The molecule has 0 radical (unpaired) electrons. The van der Waals surface area contributed by atoms with E-state index in [1.54, 1.807) is 12.1 Å². The number of allylic oxidation sites excluding steroid dienone is 1. The minimum Gasteiger partial charge on any atom is -0.490 e. The molecule has 2 aromatic carbocycles. The van der Waals surface area contributed by atoms with Crippen molar-refractivity contribution in [2.24, 2.45) is 5.92 Å². The van der Waals surface area contributed by atoms with Crippen molar-refractivity contribution >= 4 is 11.9 Å². The maximum atomic E-state index is 11.9. The van der Waals surface area contributed by atoms with E-state index in [2.05, 4.69) is 12.1 Å². The molecule has 0 spiro atoms. The molecule has 0 aromatic heterocycles. The van der Waals surface area contributed by atoms with Gasteiger partial charge in [0.1, 0.15) is 17.2 Å². The number of carbonyl (C=O) groups excluding carboxylic acids is 1. The lowest BCUT2D eigenvalue weighted by Crippen LogP contribution is -2.36. The first-order valence-electron chi connectivity index (χ1n) is 12.0. The van der Waals surface area contributed by atoms with Gasteiger partial charge >= 0.3 is 11.9 Å². The molecule has 1 N–H and O–H groups in total. The molecule has 180 valence electrons. The Hall–Kier alpha value is -3.28. The second kappa shape index (κ2) is 10.3. The monoisotopic (exact) mass is 464 g/mol. The van der Waals surface area contributed by atoms with Crippen LogP contribution < -0.4 is 14.2 Å². The fourth-order valence-electron chi connectivity index (χ4n) is 5.09. The van der Waals surface area contributed by atoms with Gasteiger partial charge < -0.3 is 19.3 Å². The number of aryl methyl sites for hydroxylation is 1. The van der Waals surface area contributed by atoms with Crippen molar-refractivity contribution in [2.75, 3.05) is 0 Å². The number of hydrogen-bond donors (Lipinski definition) is 1. The first kappa shape index (κ1) is 23.9. The average molecular weight is 465 g/mol. The molecule has 0 saturated heterocycles. The predicted octanol–water partition coefficient (Wildman–Crippen LogP) is 5.69. The van der Waals surface area contributed by atoms with Crippen LogP contribution >= 0.6 is 0 Å². The molecule has 2 aliphatic rings. The summed E-state index contributed by atoms with van der Waals surface area (Å²) in [6.07, 6.45) is 5.52. The highest BCUT2D eigenvalue weighted by Crippen LogP contribution is 2.52. The van der Waals surface area contributed by atoms with Crippen molar-refractivity contribution in [3.8, 4) is 17.2 Å². The molecule has 0 amide bonds. The summed E-state index contributed by atoms with van der Waals surface area (Å²) in [6, 6.07) is 14.0. The zero-order valence-electron chi connectivity index (χ0n) is 20.0. The van der Waals surface area contributed by atoms with Crippen LogP contribution in [0.3, 0.4) is 0 Å². The highest BCUT2D eigenvalue weighted by molar-refractivity contribution is 5.87. The van der Waals surface area contributed by atoms with Gasteiger partial charge in [0, 0.05) is 42.0 Å². The highest BCUT2D eigenvalue weighted by Gasteiger charge is 2.41. The third-order valence-corrected chi connectivity index (χ3v) is 6.74. The predicted molar refractivity (Wildman–Crippen MR) is 128 cm³/mol. The summed E-state index contributed by atoms with van der Waals surface area (Å²) in [5.41, 5.74) is 2.46. The van der Waals surface area contributed by atoms with E-state index in [1.165, 1.54) is 12.5 Å². The van der Waals surface area contributed by atoms with Crippen LogP contribution in [0.4, 0.5) is 0 Å². The van der Waals surface area contributed by atoms with Crippen molar-refractivity contribution < 1.29 is 28.9 Å². The molecule has 4 atom stereocenters. The van der Waals surface area contributed by atoms with Crippen molar-refractivity contribution in [3.63, 3.8) is 0 Å². The van der Waals surface area contributed by atoms with E-state index in [-0.39, 0.29) is 24.0 Å². The summed E-state index contributed by atoms with van der Waals surface area (Å²) in [5, 5.41) is 9.54. The van der Waals surface area contributed by atoms with Crippen molar-refractivity contribution in [2.45, 2.75) is 71.0 Å². The topological polar surface area (TPSA) is 82.1 Å². The number of aliphatic carboxylic acids is 1. The van der Waals surface area contributed by atoms with Crippen molar-refractivity contribution in [1.29, 1.82) is 0 Å². The van der Waals surface area contributed by atoms with Gasteiger partial charge in [-0.1, -0.05) is 36.4 Å². The normalized spacial score (nSPS) is 21.9. The smallest absolute Gasteiger partial charge is 0.331 e. The van der Waals surface area contributed by atoms with E-state index in [4.69, 9.17) is 14.2 Å². The Balaban J connectivity index is 1.54. The minimum atomic E-state index is -0.905. The lowest BCUT2D eigenvalue weighted by atomic mass is 9.71. The molecule has 0 fully saturated rings. The molecule has 4 rings (SSSR count). The van der Waals surface area contributed by atoms with Crippen LogP contribution in [-0.2, 0) is 16.0 Å². The second-order valence-electron chi connectivity index (χ2n) is 9.30. The summed E-state index contributed by atoms with van der Waals surface area (Å²) in [7, 11) is 0. The highest BCUT2D eigenvalue weighted by atomic mass is 16.5. The van der Waals surface area contributed by atoms with Crippen LogP contribution in [0.2, 0.25) is 0 Å². The third-order valence-electron chi connectivity index (χ3n) is 6.74. The van der Waals surface area contributed by atoms with E-state index in [0.29, 0.717) is 35.7 Å². The maximum absolute atomic E-state index is 11.9. The van der Waals surface area contributed by atoms with Crippen LogP contribution in [0.15, 0.2) is 54.1 Å². The number of esters is 1. The largest absolute Gasteiger partial charge is 0.490 e. The van der Waals surface area contributed by atoms with Gasteiger partial charge in [-0.2, -0.15) is 0 Å². The molecular weight excluding hydrogens is 432 g/mol. The maximum Gasteiger partial charge on any atom is 0.331 e. The Morgan fingerprint density at radius 1 is 1.21 bits per heavy atom. The number of fused-ring (bicyclic) bond motifs is 3. The van der Waals surface area contributed by atoms with Crippen LogP contribution in [0, 0.1) is 5.92 Å². The van der Waals surface area contributed by atoms with Crippen LogP contribution in [0.1, 0.15) is 63.5 Å². The first-order chi connectivity index (χ1) is 16.3. The second-order valence-corrected chi connectivity index (χ2v) is 9.30. The molecule has 6 nitrogen and oxygen atoms in total. The average Bonchev–Trinajstić information content (AvgIpc) is 2.78. The van der Waals surface area contributed by atoms with E-state index in [1.807, 2.05) is 38.1 Å². The fraction of sp³-hybridized carbons (Fsp3) is 0.429. The summed E-state index contributed by atoms with van der Waals surface area (Å²) in [5.74, 6) is 0.260. The molecule has 2 aromatic rings. The molecule has 0 saturated carbocycles. The third kappa shape index (κ3) is 5.44. The zero-order chi connectivity index (χ0) is 24.2. The van der Waals surface area contributed by atoms with E-state index in [0.717, 1.165) is 24.8 Å². The van der Waals surface area contributed by atoms with Gasteiger partial charge in [0.2, 0.25) is 0 Å². The molecule has 0 bridgehead atoms. The fourth-order valence-corrected chi connectivity index (χ4v) is 5.09. The molecular formula is C28H32O6. The molecule has 1 aliphatic heterocycles. The van der Waals surface area contributed by atoms with Crippen molar-refractivity contribution in [3.05, 3.63) is 65.2 Å². The Morgan fingerprint density at radius 2 is 1.97 bits per heavy atom. The molecule has 34 heavy (non-hydrogen) atoms. The van der Waals surface area contributed by atoms with E-state index < -0.39 is 11.9 Å². The SMILES string of the molecule is CC(=O)Oc1cc(OC(C)CCCc2ccccc2)cc2c1[C@@H]1CC(C(=O)O)=CC[C@H]1C(C)O2. The number of ether oxygens (including phenoxy) is 3. The summed E-state index contributed by atoms with van der Waals surface area (Å²) in [6.45, 7) is 5.39. The van der Waals surface area contributed by atoms with E-state index >= 15 is 0 Å². The Kier molecular flexibility index (Phi) is 7.25. The van der Waals surface area contributed by atoms with Crippen LogP contribution in [0.5, 0.6) is 17.2 Å². The lowest BCUT2D eigenvalue weighted by Gasteiger charge is -2.41. The number of hydrogen-bond acceptors (Lipinski definition) is 5. The standard InChI is InChI=1S/C28H32O6/c1-17(8-7-11-20-9-5-4-6-10-20)32-22-15-25-27(26(16-22)34-19(3)29)24-14-21(28(30)31)12-13-23(24)18(2)33-25/h4-6,9-10,12,15-18,23-24H,7-8,11,13-14H2,1-3H3,(H,30,31)/t17?,18?,23-,24+/m0/s1. The molecule has 1 heterocycles. The van der Waals surface area contributed by atoms with Gasteiger partial charge in [-0.05, 0) is 51.5 Å². The summed E-state index contributed by atoms with van der Waals surface area (Å²) < 4.78 is 18.0. The molecule has 2 unspecified atom stereocenters. The Bertz CT molecular complexity index is 1070. The van der Waals surface area contributed by atoms with Gasteiger partial charge in [0.05, 0.1) is 12.2 Å². The minimum absolute atomic E-state index is 0.0306.